The van der Waals surface area contributed by atoms with Crippen molar-refractivity contribution in [3.63, 3.8) is 0 Å². The van der Waals surface area contributed by atoms with Gasteiger partial charge in [-0.2, -0.15) is 0 Å². The maximum absolute atomic E-state index is 5.99. The summed E-state index contributed by atoms with van der Waals surface area (Å²) in [4.78, 5) is 0. The van der Waals surface area contributed by atoms with E-state index in [2.05, 4.69) is 32.0 Å². The molecule has 0 aromatic heterocycles. The molecule has 0 amide bonds. The molecule has 1 aliphatic heterocycles. The summed E-state index contributed by atoms with van der Waals surface area (Å²) in [6.45, 7) is 5.36. The van der Waals surface area contributed by atoms with Crippen molar-refractivity contribution in [3.8, 4) is 17.2 Å². The van der Waals surface area contributed by atoms with Crippen molar-refractivity contribution in [3.05, 3.63) is 52.6 Å². The van der Waals surface area contributed by atoms with Crippen LogP contribution < -0.4 is 19.9 Å². The predicted molar refractivity (Wildman–Crippen MR) is 80.7 cm³/mol. The van der Waals surface area contributed by atoms with Crippen molar-refractivity contribution in [1.29, 1.82) is 0 Å². The molecule has 0 spiro atoms. The van der Waals surface area contributed by atoms with Crippen LogP contribution >= 0.6 is 0 Å². The normalized spacial score (nSPS) is 12.5. The Labute approximate surface area is 124 Å². The standard InChI is InChI=1S/C17H19NO3/c1-11-4-3-5-12(2)14(11)9-19-15-7-17-16(20-10-21-17)6-13(15)8-18/h3-7H,8-10,18H2,1-2H3. The van der Waals surface area contributed by atoms with Crippen LogP contribution in [0.2, 0.25) is 0 Å². The Bertz CT molecular complexity index is 647. The highest BCUT2D eigenvalue weighted by molar-refractivity contribution is 5.52. The van der Waals surface area contributed by atoms with Crippen molar-refractivity contribution in [2.24, 2.45) is 5.73 Å². The number of benzene rings is 2. The molecule has 0 radical (unpaired) electrons. The van der Waals surface area contributed by atoms with Crippen LogP contribution in [0, 0.1) is 13.8 Å². The summed E-state index contributed by atoms with van der Waals surface area (Å²) in [5.74, 6) is 2.20. The molecule has 110 valence electrons. The summed E-state index contributed by atoms with van der Waals surface area (Å²) < 4.78 is 16.7. The van der Waals surface area contributed by atoms with Crippen LogP contribution in [0.15, 0.2) is 30.3 Å². The quantitative estimate of drug-likeness (QED) is 0.938. The van der Waals surface area contributed by atoms with E-state index < -0.39 is 0 Å². The van der Waals surface area contributed by atoms with E-state index in [1.807, 2.05) is 12.1 Å². The van der Waals surface area contributed by atoms with E-state index in [4.69, 9.17) is 19.9 Å². The van der Waals surface area contributed by atoms with E-state index in [1.165, 1.54) is 16.7 Å². The lowest BCUT2D eigenvalue weighted by molar-refractivity contribution is 0.173. The number of hydrogen-bond acceptors (Lipinski definition) is 4. The van der Waals surface area contributed by atoms with Gasteiger partial charge in [-0.25, -0.2) is 0 Å². The topological polar surface area (TPSA) is 53.7 Å². The number of hydrogen-bond donors (Lipinski definition) is 1. The lowest BCUT2D eigenvalue weighted by Crippen LogP contribution is -2.05. The van der Waals surface area contributed by atoms with Crippen LogP contribution in [0.25, 0.3) is 0 Å². The maximum Gasteiger partial charge on any atom is 0.231 e. The number of aryl methyl sites for hydroxylation is 2. The zero-order chi connectivity index (χ0) is 14.8. The van der Waals surface area contributed by atoms with Gasteiger partial charge < -0.3 is 19.9 Å². The van der Waals surface area contributed by atoms with Gasteiger partial charge in [0.25, 0.3) is 0 Å². The molecule has 0 bridgehead atoms. The Hall–Kier alpha value is -2.20. The molecule has 2 aromatic carbocycles. The fourth-order valence-corrected chi connectivity index (χ4v) is 2.49. The van der Waals surface area contributed by atoms with Gasteiger partial charge in [0.15, 0.2) is 11.5 Å². The average Bonchev–Trinajstić information content (AvgIpc) is 2.93. The van der Waals surface area contributed by atoms with Gasteiger partial charge in [0.05, 0.1) is 0 Å². The second kappa shape index (κ2) is 5.66. The molecule has 0 atom stereocenters. The fourth-order valence-electron chi connectivity index (χ4n) is 2.49. The minimum atomic E-state index is 0.250. The third-order valence-corrected chi connectivity index (χ3v) is 3.79. The molecule has 0 saturated heterocycles. The van der Waals surface area contributed by atoms with Crippen molar-refractivity contribution >= 4 is 0 Å². The van der Waals surface area contributed by atoms with Crippen LogP contribution in [0.3, 0.4) is 0 Å². The van der Waals surface area contributed by atoms with E-state index in [0.717, 1.165) is 17.1 Å². The van der Waals surface area contributed by atoms with Gasteiger partial charge in [0.1, 0.15) is 12.4 Å². The Morgan fingerprint density at radius 2 is 1.76 bits per heavy atom. The highest BCUT2D eigenvalue weighted by Gasteiger charge is 2.17. The first-order valence-electron chi connectivity index (χ1n) is 6.99. The summed E-state index contributed by atoms with van der Waals surface area (Å²) in [6, 6.07) is 9.99. The maximum atomic E-state index is 5.99. The first-order valence-corrected chi connectivity index (χ1v) is 6.99. The number of fused-ring (bicyclic) bond motifs is 1. The molecule has 3 rings (SSSR count). The van der Waals surface area contributed by atoms with E-state index in [0.29, 0.717) is 18.9 Å². The molecule has 2 aromatic rings. The van der Waals surface area contributed by atoms with Crippen molar-refractivity contribution in [2.45, 2.75) is 27.0 Å². The molecule has 0 fully saturated rings. The van der Waals surface area contributed by atoms with Crippen molar-refractivity contribution < 1.29 is 14.2 Å². The summed E-state index contributed by atoms with van der Waals surface area (Å²) in [5, 5.41) is 0. The molecule has 4 heteroatoms. The SMILES string of the molecule is Cc1cccc(C)c1COc1cc2c(cc1CN)OCO2. The van der Waals surface area contributed by atoms with Gasteiger partial charge in [-0.1, -0.05) is 18.2 Å². The number of nitrogens with two attached hydrogens (primary N) is 1. The molecule has 0 aliphatic carbocycles. The van der Waals surface area contributed by atoms with Crippen LogP contribution in [0.4, 0.5) is 0 Å². The van der Waals surface area contributed by atoms with E-state index in [1.54, 1.807) is 0 Å². The zero-order valence-corrected chi connectivity index (χ0v) is 12.3. The van der Waals surface area contributed by atoms with Crippen LogP contribution in [-0.2, 0) is 13.2 Å². The van der Waals surface area contributed by atoms with Gasteiger partial charge in [0, 0.05) is 18.2 Å². The summed E-state index contributed by atoms with van der Waals surface area (Å²) in [7, 11) is 0. The number of ether oxygens (including phenoxy) is 3. The lowest BCUT2D eigenvalue weighted by Gasteiger charge is -2.14. The minimum Gasteiger partial charge on any atom is -0.488 e. The first kappa shape index (κ1) is 13.8. The van der Waals surface area contributed by atoms with Crippen molar-refractivity contribution in [2.75, 3.05) is 6.79 Å². The molecule has 0 saturated carbocycles. The highest BCUT2D eigenvalue weighted by atomic mass is 16.7. The Kier molecular flexibility index (Phi) is 3.71. The minimum absolute atomic E-state index is 0.250. The Morgan fingerprint density at radius 3 is 2.43 bits per heavy atom. The first-order chi connectivity index (χ1) is 10.2. The van der Waals surface area contributed by atoms with Crippen molar-refractivity contribution in [1.82, 2.24) is 0 Å². The predicted octanol–water partition coefficient (Wildman–Crippen LogP) is 3.07. The van der Waals surface area contributed by atoms with Gasteiger partial charge in [-0.15, -0.1) is 0 Å². The van der Waals surface area contributed by atoms with Gasteiger partial charge >= 0.3 is 0 Å². The molecule has 1 heterocycles. The van der Waals surface area contributed by atoms with E-state index in [9.17, 15) is 0 Å². The van der Waals surface area contributed by atoms with Gasteiger partial charge in [-0.05, 0) is 36.6 Å². The second-order valence-electron chi connectivity index (χ2n) is 5.18. The summed E-state index contributed by atoms with van der Waals surface area (Å²) in [5.41, 5.74) is 10.4. The largest absolute Gasteiger partial charge is 0.488 e. The average molecular weight is 285 g/mol. The number of rotatable bonds is 4. The van der Waals surface area contributed by atoms with Crippen LogP contribution in [0.5, 0.6) is 17.2 Å². The smallest absolute Gasteiger partial charge is 0.231 e. The molecule has 0 unspecified atom stereocenters. The fraction of sp³-hybridized carbons (Fsp3) is 0.294. The van der Waals surface area contributed by atoms with Crippen LogP contribution in [0.1, 0.15) is 22.3 Å². The Morgan fingerprint density at radius 1 is 1.10 bits per heavy atom. The van der Waals surface area contributed by atoms with Crippen LogP contribution in [-0.4, -0.2) is 6.79 Å². The lowest BCUT2D eigenvalue weighted by atomic mass is 10.0. The third-order valence-electron chi connectivity index (χ3n) is 3.79. The summed E-state index contributed by atoms with van der Waals surface area (Å²) >= 11 is 0. The summed E-state index contributed by atoms with van der Waals surface area (Å²) in [6.07, 6.45) is 0. The van der Waals surface area contributed by atoms with Gasteiger partial charge in [-0.3, -0.25) is 0 Å². The van der Waals surface area contributed by atoms with Gasteiger partial charge in [0.2, 0.25) is 6.79 Å². The molecule has 2 N–H and O–H groups in total. The molecule has 21 heavy (non-hydrogen) atoms. The Balaban J connectivity index is 1.85. The second-order valence-corrected chi connectivity index (χ2v) is 5.18. The highest BCUT2D eigenvalue weighted by Crippen LogP contribution is 2.38. The van der Waals surface area contributed by atoms with E-state index >= 15 is 0 Å². The molecular weight excluding hydrogens is 266 g/mol. The monoisotopic (exact) mass is 285 g/mol. The molecule has 4 nitrogen and oxygen atoms in total. The molecular formula is C17H19NO3. The zero-order valence-electron chi connectivity index (χ0n) is 12.3. The third kappa shape index (κ3) is 2.67. The molecule has 1 aliphatic rings. The van der Waals surface area contributed by atoms with E-state index in [-0.39, 0.29) is 6.79 Å².